The highest BCUT2D eigenvalue weighted by Crippen LogP contribution is 2.31. The molecule has 1 aliphatic rings. The molecule has 3 aromatic carbocycles. The predicted octanol–water partition coefficient (Wildman–Crippen LogP) is 6.37. The van der Waals surface area contributed by atoms with Gasteiger partial charge in [-0.1, -0.05) is 18.2 Å². The molecule has 3 aromatic rings. The van der Waals surface area contributed by atoms with E-state index < -0.39 is 60.0 Å². The van der Waals surface area contributed by atoms with Gasteiger partial charge in [0.2, 0.25) is 5.91 Å². The molecular weight excluding hydrogens is 623 g/mol. The van der Waals surface area contributed by atoms with Gasteiger partial charge in [-0.25, -0.2) is 22.4 Å². The number of hydrogen-bond acceptors (Lipinski definition) is 5. The summed E-state index contributed by atoms with van der Waals surface area (Å²) in [5.41, 5.74) is 1.03. The van der Waals surface area contributed by atoms with Crippen LogP contribution < -0.4 is 16.0 Å². The molecule has 7 nitrogen and oxygen atoms in total. The average molecular weight is 656 g/mol. The van der Waals surface area contributed by atoms with Crippen LogP contribution in [0.15, 0.2) is 60.7 Å². The van der Waals surface area contributed by atoms with Crippen molar-refractivity contribution in [3.63, 3.8) is 0 Å². The third-order valence-corrected chi connectivity index (χ3v) is 7.29. The Morgan fingerprint density at radius 3 is 2.24 bits per heavy atom. The minimum atomic E-state index is -4.56. The van der Waals surface area contributed by atoms with Crippen molar-refractivity contribution in [1.82, 2.24) is 10.6 Å². The van der Waals surface area contributed by atoms with E-state index in [4.69, 9.17) is 9.47 Å². The SMILES string of the molecule is O=C(CC(c1ccc(F)cc1)c1cc(F)cc(F)c1)Nc1cccc(F)c1CCC1CNCC(CCOC(=O)NCC(F)(F)F)O1. The molecule has 0 bridgehead atoms. The standard InChI is InChI=1S/C32H32F7N3O4/c33-21-6-4-19(5-7-21)27(20-12-22(34)14-23(35)13-20)15-30(43)42-29-3-1-2-28(36)26(29)9-8-24-16-40-17-25(46-24)10-11-45-31(44)41-18-32(37,38)39/h1-7,12-14,24-25,27,40H,8-11,15-18H2,(H,41,44)(H,42,43). The number of morpholine rings is 1. The highest BCUT2D eigenvalue weighted by molar-refractivity contribution is 5.92. The first-order valence-corrected chi connectivity index (χ1v) is 14.5. The molecule has 46 heavy (non-hydrogen) atoms. The Labute approximate surface area is 260 Å². The number of carbonyl (C=O) groups is 2. The minimum Gasteiger partial charge on any atom is -0.449 e. The fourth-order valence-corrected chi connectivity index (χ4v) is 5.14. The van der Waals surface area contributed by atoms with Gasteiger partial charge in [0.15, 0.2) is 0 Å². The van der Waals surface area contributed by atoms with E-state index in [1.165, 1.54) is 42.5 Å². The van der Waals surface area contributed by atoms with Crippen LogP contribution in [0.2, 0.25) is 0 Å². The van der Waals surface area contributed by atoms with E-state index in [9.17, 15) is 40.3 Å². The summed E-state index contributed by atoms with van der Waals surface area (Å²) in [4.78, 5) is 24.7. The molecule has 14 heteroatoms. The second kappa shape index (κ2) is 15.9. The highest BCUT2D eigenvalue weighted by atomic mass is 19.4. The monoisotopic (exact) mass is 655 g/mol. The summed E-state index contributed by atoms with van der Waals surface area (Å²) in [5.74, 6) is -4.17. The van der Waals surface area contributed by atoms with Crippen molar-refractivity contribution in [3.05, 3.63) is 101 Å². The van der Waals surface area contributed by atoms with E-state index in [0.29, 0.717) is 31.1 Å². The molecule has 3 N–H and O–H groups in total. The van der Waals surface area contributed by atoms with Crippen LogP contribution in [0, 0.1) is 23.3 Å². The third-order valence-electron chi connectivity index (χ3n) is 7.29. The molecule has 0 saturated carbocycles. The van der Waals surface area contributed by atoms with E-state index in [-0.39, 0.29) is 48.8 Å². The van der Waals surface area contributed by atoms with Crippen molar-refractivity contribution in [1.29, 1.82) is 0 Å². The van der Waals surface area contributed by atoms with Gasteiger partial charge >= 0.3 is 12.3 Å². The molecule has 3 unspecified atom stereocenters. The summed E-state index contributed by atoms with van der Waals surface area (Å²) >= 11 is 0. The lowest BCUT2D eigenvalue weighted by molar-refractivity contribution is -0.124. The Morgan fingerprint density at radius 1 is 0.891 bits per heavy atom. The molecule has 0 radical (unpaired) electrons. The van der Waals surface area contributed by atoms with Crippen molar-refractivity contribution in [2.24, 2.45) is 0 Å². The van der Waals surface area contributed by atoms with E-state index in [2.05, 4.69) is 10.6 Å². The number of nitrogens with one attached hydrogen (secondary N) is 3. The maximum Gasteiger partial charge on any atom is 0.407 e. The van der Waals surface area contributed by atoms with Crippen molar-refractivity contribution in [3.8, 4) is 0 Å². The van der Waals surface area contributed by atoms with Gasteiger partial charge in [0.1, 0.15) is 29.8 Å². The van der Waals surface area contributed by atoms with E-state index in [1.807, 2.05) is 0 Å². The summed E-state index contributed by atoms with van der Waals surface area (Å²) in [7, 11) is 0. The van der Waals surface area contributed by atoms with Gasteiger partial charge in [-0.2, -0.15) is 13.2 Å². The fourth-order valence-electron chi connectivity index (χ4n) is 5.14. The van der Waals surface area contributed by atoms with E-state index in [1.54, 1.807) is 5.32 Å². The molecular formula is C32H32F7N3O4. The average Bonchev–Trinajstić information content (AvgIpc) is 2.98. The van der Waals surface area contributed by atoms with Crippen LogP contribution >= 0.6 is 0 Å². The zero-order chi connectivity index (χ0) is 33.3. The lowest BCUT2D eigenvalue weighted by Gasteiger charge is -2.31. The van der Waals surface area contributed by atoms with Crippen LogP contribution in [0.3, 0.4) is 0 Å². The second-order valence-corrected chi connectivity index (χ2v) is 10.8. The lowest BCUT2D eigenvalue weighted by Crippen LogP contribution is -2.45. The molecule has 1 aliphatic heterocycles. The van der Waals surface area contributed by atoms with Crippen LogP contribution in [0.4, 0.5) is 41.2 Å². The van der Waals surface area contributed by atoms with Crippen molar-refractivity contribution in [2.45, 2.75) is 50.0 Å². The van der Waals surface area contributed by atoms with Crippen molar-refractivity contribution >= 4 is 17.7 Å². The summed E-state index contributed by atoms with van der Waals surface area (Å²) in [6.07, 6.45) is -6.11. The summed E-state index contributed by atoms with van der Waals surface area (Å²) < 4.78 is 104. The number of benzene rings is 3. The van der Waals surface area contributed by atoms with Crippen LogP contribution in [0.1, 0.15) is 41.9 Å². The Hall–Kier alpha value is -4.17. The zero-order valence-electron chi connectivity index (χ0n) is 24.4. The smallest absolute Gasteiger partial charge is 0.407 e. The highest BCUT2D eigenvalue weighted by Gasteiger charge is 2.28. The maximum absolute atomic E-state index is 15.0. The lowest BCUT2D eigenvalue weighted by atomic mass is 9.88. The van der Waals surface area contributed by atoms with Gasteiger partial charge in [0.25, 0.3) is 0 Å². The normalized spacial score (nSPS) is 17.3. The number of halogens is 7. The van der Waals surface area contributed by atoms with Gasteiger partial charge in [-0.3, -0.25) is 4.79 Å². The number of alkyl carbamates (subject to hydrolysis) is 1. The molecule has 4 rings (SSSR count). The van der Waals surface area contributed by atoms with Gasteiger partial charge in [-0.05, 0) is 60.4 Å². The predicted molar refractivity (Wildman–Crippen MR) is 154 cm³/mol. The topological polar surface area (TPSA) is 88.7 Å². The molecule has 0 spiro atoms. The fraction of sp³-hybridized carbons (Fsp3) is 0.375. The number of anilines is 1. The largest absolute Gasteiger partial charge is 0.449 e. The van der Waals surface area contributed by atoms with Crippen molar-refractivity contribution < 1.29 is 49.8 Å². The first-order valence-electron chi connectivity index (χ1n) is 14.5. The molecule has 0 aliphatic carbocycles. The number of rotatable bonds is 12. The quantitative estimate of drug-likeness (QED) is 0.198. The van der Waals surface area contributed by atoms with Crippen LogP contribution in [-0.4, -0.2) is 56.6 Å². The van der Waals surface area contributed by atoms with Crippen LogP contribution in [0.25, 0.3) is 0 Å². The molecule has 248 valence electrons. The third kappa shape index (κ3) is 10.7. The van der Waals surface area contributed by atoms with Crippen molar-refractivity contribution in [2.75, 3.05) is 31.6 Å². The van der Waals surface area contributed by atoms with Gasteiger partial charge < -0.3 is 25.4 Å². The number of carbonyl (C=O) groups excluding carboxylic acids is 2. The number of hydrogen-bond donors (Lipinski definition) is 3. The van der Waals surface area contributed by atoms with Gasteiger partial charge in [0, 0.05) is 49.2 Å². The first kappa shape index (κ1) is 34.7. The molecule has 1 fully saturated rings. The zero-order valence-corrected chi connectivity index (χ0v) is 24.4. The number of alkyl halides is 3. The Balaban J connectivity index is 1.36. The summed E-state index contributed by atoms with van der Waals surface area (Å²) in [6, 6.07) is 12.3. The van der Waals surface area contributed by atoms with Crippen LogP contribution in [0.5, 0.6) is 0 Å². The Kier molecular flexibility index (Phi) is 12.0. The first-order chi connectivity index (χ1) is 21.9. The number of amides is 2. The van der Waals surface area contributed by atoms with Gasteiger partial charge in [-0.15, -0.1) is 0 Å². The Morgan fingerprint density at radius 2 is 1.57 bits per heavy atom. The molecule has 2 amide bonds. The maximum atomic E-state index is 15.0. The number of ether oxygens (including phenoxy) is 2. The van der Waals surface area contributed by atoms with Crippen LogP contribution in [-0.2, 0) is 20.7 Å². The van der Waals surface area contributed by atoms with E-state index in [0.717, 1.165) is 12.1 Å². The molecule has 0 aromatic heterocycles. The molecule has 3 atom stereocenters. The minimum absolute atomic E-state index is 0.161. The molecule has 1 heterocycles. The molecule has 1 saturated heterocycles. The summed E-state index contributed by atoms with van der Waals surface area (Å²) in [6.45, 7) is -0.832. The van der Waals surface area contributed by atoms with E-state index >= 15 is 0 Å². The van der Waals surface area contributed by atoms with Gasteiger partial charge in [0.05, 0.1) is 18.8 Å². The second-order valence-electron chi connectivity index (χ2n) is 10.8. The summed E-state index contributed by atoms with van der Waals surface area (Å²) in [5, 5.41) is 7.47. The Bertz CT molecular complexity index is 1470.